The summed E-state index contributed by atoms with van der Waals surface area (Å²) in [5.74, 6) is -1.57. The van der Waals surface area contributed by atoms with E-state index in [1.54, 1.807) is 19.2 Å². The number of nitrogens with zero attached hydrogens (tertiary/aromatic N) is 2. The molecule has 2 rings (SSSR count). The average molecular weight is 344 g/mol. The van der Waals surface area contributed by atoms with Gasteiger partial charge in [-0.1, -0.05) is 12.1 Å². The number of halogens is 3. The number of benzene rings is 1. The molecule has 1 amide bonds. The Morgan fingerprint density at radius 3 is 2.71 bits per heavy atom. The molecular formula is C15H19F3N4O2. The first kappa shape index (κ1) is 18.2. The molecule has 0 aliphatic carbocycles. The van der Waals surface area contributed by atoms with E-state index in [2.05, 4.69) is 15.6 Å². The number of aromatic nitrogens is 2. The molecule has 0 aliphatic rings. The van der Waals surface area contributed by atoms with Crippen LogP contribution in [0, 0.1) is 0 Å². The topological polar surface area (TPSA) is 68.2 Å². The predicted molar refractivity (Wildman–Crippen MR) is 82.5 cm³/mol. The van der Waals surface area contributed by atoms with Crippen LogP contribution in [0.4, 0.5) is 13.2 Å². The summed E-state index contributed by atoms with van der Waals surface area (Å²) in [6.07, 6.45) is -4.62. The largest absolute Gasteiger partial charge is 0.449 e. The van der Waals surface area contributed by atoms with Gasteiger partial charge in [0.05, 0.1) is 17.6 Å². The Morgan fingerprint density at radius 2 is 2.00 bits per heavy atom. The van der Waals surface area contributed by atoms with E-state index in [1.807, 2.05) is 0 Å². The third-order valence-electron chi connectivity index (χ3n) is 3.32. The van der Waals surface area contributed by atoms with Gasteiger partial charge in [-0.25, -0.2) is 4.98 Å². The van der Waals surface area contributed by atoms with Crippen LogP contribution < -0.4 is 10.6 Å². The average Bonchev–Trinajstić information content (AvgIpc) is 2.90. The van der Waals surface area contributed by atoms with Crippen molar-refractivity contribution in [3.63, 3.8) is 0 Å². The summed E-state index contributed by atoms with van der Waals surface area (Å²) in [5, 5.41) is 5.61. The summed E-state index contributed by atoms with van der Waals surface area (Å²) in [4.78, 5) is 15.5. The molecule has 0 bridgehead atoms. The third-order valence-corrected chi connectivity index (χ3v) is 3.32. The summed E-state index contributed by atoms with van der Waals surface area (Å²) < 4.78 is 45.1. The van der Waals surface area contributed by atoms with Gasteiger partial charge in [0.25, 0.3) is 0 Å². The monoisotopic (exact) mass is 344 g/mol. The van der Waals surface area contributed by atoms with Gasteiger partial charge in [-0.15, -0.1) is 0 Å². The molecule has 0 fully saturated rings. The SMILES string of the molecule is COCCNCCNC(=O)Cn1c(C(F)(F)F)nc2ccccc21. The number of hydrogen-bond donors (Lipinski definition) is 2. The minimum atomic E-state index is -4.62. The van der Waals surface area contributed by atoms with Crippen molar-refractivity contribution in [2.75, 3.05) is 33.4 Å². The van der Waals surface area contributed by atoms with Crippen LogP contribution >= 0.6 is 0 Å². The number of alkyl halides is 3. The van der Waals surface area contributed by atoms with Crippen molar-refractivity contribution in [3.8, 4) is 0 Å². The van der Waals surface area contributed by atoms with Crippen LogP contribution in [0.1, 0.15) is 5.82 Å². The molecule has 0 atom stereocenters. The number of nitrogens with one attached hydrogen (secondary N) is 2. The second-order valence-electron chi connectivity index (χ2n) is 5.10. The van der Waals surface area contributed by atoms with E-state index in [1.165, 1.54) is 12.1 Å². The lowest BCUT2D eigenvalue weighted by Gasteiger charge is -2.12. The molecule has 0 saturated carbocycles. The highest BCUT2D eigenvalue weighted by Gasteiger charge is 2.37. The molecule has 0 saturated heterocycles. The molecule has 24 heavy (non-hydrogen) atoms. The lowest BCUT2D eigenvalue weighted by atomic mass is 10.3. The van der Waals surface area contributed by atoms with Crippen molar-refractivity contribution in [1.82, 2.24) is 20.2 Å². The molecule has 1 heterocycles. The molecule has 2 aromatic rings. The second-order valence-corrected chi connectivity index (χ2v) is 5.10. The van der Waals surface area contributed by atoms with Gasteiger partial charge in [0.2, 0.25) is 11.7 Å². The van der Waals surface area contributed by atoms with E-state index in [0.717, 1.165) is 4.57 Å². The first-order chi connectivity index (χ1) is 11.4. The summed E-state index contributed by atoms with van der Waals surface area (Å²) in [6, 6.07) is 6.21. The van der Waals surface area contributed by atoms with Crippen LogP contribution in [0.3, 0.4) is 0 Å². The van der Waals surface area contributed by atoms with Gasteiger partial charge in [-0.3, -0.25) is 4.79 Å². The molecule has 6 nitrogen and oxygen atoms in total. The highest BCUT2D eigenvalue weighted by Crippen LogP contribution is 2.31. The van der Waals surface area contributed by atoms with E-state index in [9.17, 15) is 18.0 Å². The lowest BCUT2D eigenvalue weighted by molar-refractivity contribution is -0.147. The maximum atomic E-state index is 13.1. The zero-order valence-electron chi connectivity index (χ0n) is 13.2. The van der Waals surface area contributed by atoms with Gasteiger partial charge in [0.15, 0.2) is 0 Å². The van der Waals surface area contributed by atoms with Crippen molar-refractivity contribution in [2.24, 2.45) is 0 Å². The highest BCUT2D eigenvalue weighted by atomic mass is 19.4. The van der Waals surface area contributed by atoms with E-state index in [4.69, 9.17) is 4.74 Å². The van der Waals surface area contributed by atoms with Crippen molar-refractivity contribution < 1.29 is 22.7 Å². The summed E-state index contributed by atoms with van der Waals surface area (Å²) in [6.45, 7) is 1.57. The molecule has 132 valence electrons. The second kappa shape index (κ2) is 8.11. The quantitative estimate of drug-likeness (QED) is 0.711. The zero-order valence-corrected chi connectivity index (χ0v) is 13.2. The number of carbonyl (C=O) groups excluding carboxylic acids is 1. The van der Waals surface area contributed by atoms with Gasteiger partial charge in [0.1, 0.15) is 6.54 Å². The van der Waals surface area contributed by atoms with E-state index >= 15 is 0 Å². The fourth-order valence-electron chi connectivity index (χ4n) is 2.24. The Kier molecular flexibility index (Phi) is 6.16. The number of imidazole rings is 1. The van der Waals surface area contributed by atoms with Crippen LogP contribution in [0.5, 0.6) is 0 Å². The Labute approximate surface area is 137 Å². The molecule has 0 spiro atoms. The molecule has 2 N–H and O–H groups in total. The third kappa shape index (κ3) is 4.68. The van der Waals surface area contributed by atoms with Crippen LogP contribution in [-0.2, 0) is 22.3 Å². The summed E-state index contributed by atoms with van der Waals surface area (Å²) in [7, 11) is 1.58. The smallest absolute Gasteiger partial charge is 0.383 e. The number of ether oxygens (including phenoxy) is 1. The maximum absolute atomic E-state index is 13.1. The zero-order chi connectivity index (χ0) is 17.6. The first-order valence-corrected chi connectivity index (χ1v) is 7.42. The highest BCUT2D eigenvalue weighted by molar-refractivity contribution is 5.81. The van der Waals surface area contributed by atoms with E-state index in [0.29, 0.717) is 26.2 Å². The summed E-state index contributed by atoms with van der Waals surface area (Å²) in [5.41, 5.74) is 0.483. The van der Waals surface area contributed by atoms with Crippen molar-refractivity contribution in [2.45, 2.75) is 12.7 Å². The van der Waals surface area contributed by atoms with Gasteiger partial charge < -0.3 is 19.9 Å². The van der Waals surface area contributed by atoms with Crippen LogP contribution in [-0.4, -0.2) is 48.8 Å². The molecular weight excluding hydrogens is 325 g/mol. The molecule has 1 aromatic carbocycles. The van der Waals surface area contributed by atoms with Crippen molar-refractivity contribution in [3.05, 3.63) is 30.1 Å². The fraction of sp³-hybridized carbons (Fsp3) is 0.467. The Balaban J connectivity index is 2.02. The fourth-order valence-corrected chi connectivity index (χ4v) is 2.24. The molecule has 9 heteroatoms. The molecule has 1 aromatic heterocycles. The molecule has 0 radical (unpaired) electrons. The number of hydrogen-bond acceptors (Lipinski definition) is 4. The van der Waals surface area contributed by atoms with Gasteiger partial charge in [0, 0.05) is 26.7 Å². The number of para-hydroxylation sites is 2. The first-order valence-electron chi connectivity index (χ1n) is 7.42. The minimum Gasteiger partial charge on any atom is -0.383 e. The normalized spacial score (nSPS) is 11.8. The minimum absolute atomic E-state index is 0.207. The number of amides is 1. The van der Waals surface area contributed by atoms with Gasteiger partial charge in [-0.2, -0.15) is 13.2 Å². The number of fused-ring (bicyclic) bond motifs is 1. The summed E-state index contributed by atoms with van der Waals surface area (Å²) >= 11 is 0. The van der Waals surface area contributed by atoms with Crippen molar-refractivity contribution in [1.29, 1.82) is 0 Å². The standard InChI is InChI=1S/C15H19F3N4O2/c1-24-9-8-19-6-7-20-13(23)10-22-12-5-3-2-4-11(12)21-14(22)15(16,17)18/h2-5,19H,6-10H2,1H3,(H,20,23). The van der Waals surface area contributed by atoms with Crippen LogP contribution in [0.15, 0.2) is 24.3 Å². The lowest BCUT2D eigenvalue weighted by Crippen LogP contribution is -2.35. The van der Waals surface area contributed by atoms with E-state index in [-0.39, 0.29) is 11.0 Å². The van der Waals surface area contributed by atoms with Gasteiger partial charge >= 0.3 is 6.18 Å². The number of carbonyl (C=O) groups is 1. The van der Waals surface area contributed by atoms with E-state index < -0.39 is 24.5 Å². The van der Waals surface area contributed by atoms with Crippen molar-refractivity contribution >= 4 is 16.9 Å². The maximum Gasteiger partial charge on any atom is 0.449 e. The Hall–Kier alpha value is -2.13. The number of rotatable bonds is 8. The Bertz CT molecular complexity index is 685. The molecule has 0 aliphatic heterocycles. The van der Waals surface area contributed by atoms with Crippen LogP contribution in [0.2, 0.25) is 0 Å². The number of methoxy groups -OCH3 is 1. The predicted octanol–water partition coefficient (Wildman–Crippen LogP) is 1.41. The van der Waals surface area contributed by atoms with Crippen LogP contribution in [0.25, 0.3) is 11.0 Å². The molecule has 0 unspecified atom stereocenters. The van der Waals surface area contributed by atoms with Gasteiger partial charge in [-0.05, 0) is 12.1 Å². The Morgan fingerprint density at radius 1 is 1.25 bits per heavy atom.